The van der Waals surface area contributed by atoms with Gasteiger partial charge in [-0.2, -0.15) is 13.2 Å². The molecule has 0 unspecified atom stereocenters. The molecule has 0 aliphatic carbocycles. The minimum absolute atomic E-state index is 0. The van der Waals surface area contributed by atoms with Gasteiger partial charge in [-0.15, -0.1) is 16.9 Å². The van der Waals surface area contributed by atoms with Crippen molar-refractivity contribution in [1.82, 2.24) is 5.32 Å². The third kappa shape index (κ3) is 5.80. The summed E-state index contributed by atoms with van der Waals surface area (Å²) in [6, 6.07) is 4.46. The second kappa shape index (κ2) is 7.20. The van der Waals surface area contributed by atoms with E-state index in [4.69, 9.17) is 17.5 Å². The number of nitrogens with two attached hydrogens (primary N) is 1. The normalized spacial score (nSPS) is 11.7. The maximum atomic E-state index is 12.4. The van der Waals surface area contributed by atoms with E-state index in [1.165, 1.54) is 12.1 Å². The van der Waals surface area contributed by atoms with Gasteiger partial charge in [0.2, 0.25) is 11.9 Å². The van der Waals surface area contributed by atoms with E-state index in [-0.39, 0.29) is 30.4 Å². The molecule has 0 aromatic heterocycles. The molecule has 0 aliphatic heterocycles. The molecule has 9 heteroatoms. The summed E-state index contributed by atoms with van der Waals surface area (Å²) in [4.78, 5) is 11.3. The number of hydrogen-bond acceptors (Lipinski definition) is 2. The quantitative estimate of drug-likeness (QED) is 0.649. The second-order valence-electron chi connectivity index (χ2n) is 3.39. The Morgan fingerprint density at radius 3 is 2.58 bits per heavy atom. The Morgan fingerprint density at radius 1 is 1.42 bits per heavy atom. The van der Waals surface area contributed by atoms with Crippen LogP contribution in [-0.4, -0.2) is 11.9 Å². The first-order chi connectivity index (χ1) is 8.32. The molecular weight excluding hydrogens is 306 g/mol. The standard InChI is InChI=1S/C10H9ClF3N3O.ClH/c11-17-9(15)16-8(18)5-6-2-1-3-7(4-6)10(12,13)14;/h1-4H,5H2,(H3,15,16,17,18);1H. The largest absolute Gasteiger partial charge is 0.416 e. The SMILES string of the molecule is Cl.NC(=NCl)NC(=O)Cc1cccc(C(F)(F)F)c1. The molecule has 0 aliphatic rings. The second-order valence-corrected chi connectivity index (χ2v) is 3.56. The zero-order valence-corrected chi connectivity index (χ0v) is 10.9. The third-order valence-corrected chi connectivity index (χ3v) is 2.16. The van der Waals surface area contributed by atoms with Crippen molar-refractivity contribution in [3.05, 3.63) is 35.4 Å². The van der Waals surface area contributed by atoms with Crippen LogP contribution in [0.25, 0.3) is 0 Å². The predicted octanol–water partition coefficient (Wildman–Crippen LogP) is 2.25. The molecule has 106 valence electrons. The van der Waals surface area contributed by atoms with E-state index in [0.29, 0.717) is 0 Å². The van der Waals surface area contributed by atoms with Crippen LogP contribution in [0.5, 0.6) is 0 Å². The van der Waals surface area contributed by atoms with E-state index < -0.39 is 17.6 Å². The highest BCUT2D eigenvalue weighted by atomic mass is 35.5. The molecule has 0 saturated heterocycles. The summed E-state index contributed by atoms with van der Waals surface area (Å²) in [6.07, 6.45) is -4.69. The molecule has 1 aromatic rings. The Balaban J connectivity index is 0.00000324. The van der Waals surface area contributed by atoms with Crippen molar-refractivity contribution >= 4 is 36.1 Å². The number of hydrogen-bond donors (Lipinski definition) is 2. The number of amides is 1. The molecule has 1 aromatic carbocycles. The van der Waals surface area contributed by atoms with Crippen molar-refractivity contribution in [2.75, 3.05) is 0 Å². The van der Waals surface area contributed by atoms with Crippen molar-refractivity contribution in [2.24, 2.45) is 10.2 Å². The van der Waals surface area contributed by atoms with Crippen LogP contribution in [0.2, 0.25) is 0 Å². The first-order valence-corrected chi connectivity index (χ1v) is 5.07. The Bertz CT molecular complexity index is 477. The molecule has 19 heavy (non-hydrogen) atoms. The number of nitrogens with one attached hydrogen (secondary N) is 1. The molecule has 0 fully saturated rings. The number of guanidine groups is 1. The van der Waals surface area contributed by atoms with Gasteiger partial charge in [0.15, 0.2) is 0 Å². The Kier molecular flexibility index (Phi) is 6.64. The van der Waals surface area contributed by atoms with Gasteiger partial charge in [-0.05, 0) is 11.6 Å². The van der Waals surface area contributed by atoms with Crippen molar-refractivity contribution in [3.8, 4) is 0 Å². The van der Waals surface area contributed by atoms with E-state index in [1.54, 1.807) is 0 Å². The lowest BCUT2D eigenvalue weighted by molar-refractivity contribution is -0.137. The number of rotatable bonds is 2. The summed E-state index contributed by atoms with van der Waals surface area (Å²) in [7, 11) is 0. The summed E-state index contributed by atoms with van der Waals surface area (Å²) in [5, 5.41) is 2.11. The molecule has 0 atom stereocenters. The van der Waals surface area contributed by atoms with Crippen molar-refractivity contribution in [2.45, 2.75) is 12.6 Å². The number of benzene rings is 1. The average Bonchev–Trinajstić information content (AvgIpc) is 2.27. The van der Waals surface area contributed by atoms with Gasteiger partial charge in [0.1, 0.15) is 0 Å². The summed E-state index contributed by atoms with van der Waals surface area (Å²) in [5.41, 5.74) is 4.53. The van der Waals surface area contributed by atoms with Gasteiger partial charge in [-0.25, -0.2) is 0 Å². The zero-order valence-electron chi connectivity index (χ0n) is 9.37. The minimum Gasteiger partial charge on any atom is -0.369 e. The Labute approximate surface area is 118 Å². The third-order valence-electron chi connectivity index (χ3n) is 1.98. The van der Waals surface area contributed by atoms with E-state index in [0.717, 1.165) is 12.1 Å². The molecule has 4 nitrogen and oxygen atoms in total. The molecule has 1 rings (SSSR count). The fourth-order valence-electron chi connectivity index (χ4n) is 1.25. The van der Waals surface area contributed by atoms with Crippen molar-refractivity contribution in [3.63, 3.8) is 0 Å². The highest BCUT2D eigenvalue weighted by molar-refractivity contribution is 6.20. The van der Waals surface area contributed by atoms with Crippen LogP contribution in [0.1, 0.15) is 11.1 Å². The number of halogens is 5. The highest BCUT2D eigenvalue weighted by Crippen LogP contribution is 2.29. The summed E-state index contributed by atoms with van der Waals surface area (Å²) in [5.74, 6) is -0.912. The average molecular weight is 316 g/mol. The van der Waals surface area contributed by atoms with Gasteiger partial charge in [-0.3, -0.25) is 10.1 Å². The van der Waals surface area contributed by atoms with E-state index in [9.17, 15) is 18.0 Å². The summed E-state index contributed by atoms with van der Waals surface area (Å²) in [6.45, 7) is 0. The number of carbonyl (C=O) groups is 1. The van der Waals surface area contributed by atoms with Gasteiger partial charge >= 0.3 is 6.18 Å². The number of alkyl halides is 3. The lowest BCUT2D eigenvalue weighted by Gasteiger charge is -2.08. The maximum Gasteiger partial charge on any atom is 0.416 e. The Morgan fingerprint density at radius 2 is 2.05 bits per heavy atom. The van der Waals surface area contributed by atoms with Crippen molar-refractivity contribution < 1.29 is 18.0 Å². The van der Waals surface area contributed by atoms with Crippen LogP contribution < -0.4 is 11.1 Å². The minimum atomic E-state index is -4.44. The summed E-state index contributed by atoms with van der Waals surface area (Å²) < 4.78 is 40.2. The molecule has 0 heterocycles. The van der Waals surface area contributed by atoms with Crippen LogP contribution in [0.3, 0.4) is 0 Å². The van der Waals surface area contributed by atoms with Gasteiger partial charge in [0, 0.05) is 11.8 Å². The first kappa shape index (κ1) is 17.5. The zero-order chi connectivity index (χ0) is 13.8. The van der Waals surface area contributed by atoms with E-state index in [1.807, 2.05) is 0 Å². The molecule has 0 spiro atoms. The van der Waals surface area contributed by atoms with Crippen molar-refractivity contribution in [1.29, 1.82) is 0 Å². The first-order valence-electron chi connectivity index (χ1n) is 4.73. The molecule has 0 bridgehead atoms. The Hall–Kier alpha value is -1.47. The fraction of sp³-hybridized carbons (Fsp3) is 0.200. The highest BCUT2D eigenvalue weighted by Gasteiger charge is 2.30. The van der Waals surface area contributed by atoms with Crippen LogP contribution in [0.15, 0.2) is 28.8 Å². The summed E-state index contributed by atoms with van der Waals surface area (Å²) >= 11 is 4.98. The predicted molar refractivity (Wildman–Crippen MR) is 68.0 cm³/mol. The molecule has 3 N–H and O–H groups in total. The van der Waals surface area contributed by atoms with E-state index in [2.05, 4.69) is 9.83 Å². The van der Waals surface area contributed by atoms with Crippen LogP contribution in [-0.2, 0) is 17.4 Å². The fourth-order valence-corrected chi connectivity index (χ4v) is 1.29. The number of carbonyl (C=O) groups excluding carboxylic acids is 1. The monoisotopic (exact) mass is 315 g/mol. The van der Waals surface area contributed by atoms with Gasteiger partial charge in [0.25, 0.3) is 0 Å². The maximum absolute atomic E-state index is 12.4. The molecule has 1 amide bonds. The van der Waals surface area contributed by atoms with Gasteiger partial charge in [-0.1, -0.05) is 18.2 Å². The lowest BCUT2D eigenvalue weighted by atomic mass is 10.1. The smallest absolute Gasteiger partial charge is 0.369 e. The van der Waals surface area contributed by atoms with Gasteiger partial charge in [0.05, 0.1) is 12.0 Å². The topological polar surface area (TPSA) is 67.5 Å². The molecule has 0 radical (unpaired) electrons. The van der Waals surface area contributed by atoms with Crippen LogP contribution in [0.4, 0.5) is 13.2 Å². The van der Waals surface area contributed by atoms with Gasteiger partial charge < -0.3 is 5.73 Å². The molecule has 0 saturated carbocycles. The van der Waals surface area contributed by atoms with Crippen LogP contribution >= 0.6 is 24.2 Å². The number of nitrogens with zero attached hydrogens (tertiary/aromatic N) is 1. The molecular formula is C10H10Cl2F3N3O. The van der Waals surface area contributed by atoms with E-state index >= 15 is 0 Å². The lowest BCUT2D eigenvalue weighted by Crippen LogP contribution is -2.37. The van der Waals surface area contributed by atoms with Crippen LogP contribution in [0, 0.1) is 0 Å².